The molecule has 0 unspecified atom stereocenters. The first-order valence-corrected chi connectivity index (χ1v) is 8.91. The van der Waals surface area contributed by atoms with Crippen LogP contribution in [0.4, 0.5) is 4.79 Å². The van der Waals surface area contributed by atoms with Gasteiger partial charge in [0.2, 0.25) is 12.5 Å². The summed E-state index contributed by atoms with van der Waals surface area (Å²) in [7, 11) is 1.52. The van der Waals surface area contributed by atoms with Gasteiger partial charge in [-0.05, 0) is 41.5 Å². The van der Waals surface area contributed by atoms with Crippen molar-refractivity contribution in [1.29, 1.82) is 0 Å². The molecule has 1 fully saturated rings. The molecular formula is C19H15BrN2O5. The van der Waals surface area contributed by atoms with Crippen molar-refractivity contribution in [3.05, 3.63) is 57.7 Å². The molecule has 2 heterocycles. The molecule has 7 nitrogen and oxygen atoms in total. The van der Waals surface area contributed by atoms with Crippen LogP contribution in [0.5, 0.6) is 17.2 Å². The third kappa shape index (κ3) is 3.35. The smallest absolute Gasteiger partial charge is 0.329 e. The molecule has 0 atom stereocenters. The Morgan fingerprint density at radius 3 is 2.74 bits per heavy atom. The zero-order chi connectivity index (χ0) is 19.0. The van der Waals surface area contributed by atoms with E-state index in [2.05, 4.69) is 21.2 Å². The molecule has 2 aromatic carbocycles. The quantitative estimate of drug-likeness (QED) is 0.594. The number of hydrogen-bond acceptors (Lipinski definition) is 5. The van der Waals surface area contributed by atoms with Gasteiger partial charge < -0.3 is 19.5 Å². The first kappa shape index (κ1) is 17.4. The fourth-order valence-corrected chi connectivity index (χ4v) is 3.15. The maximum Gasteiger partial charge on any atom is 0.329 e. The normalized spacial score (nSPS) is 16.8. The zero-order valence-electron chi connectivity index (χ0n) is 14.3. The van der Waals surface area contributed by atoms with Gasteiger partial charge in [0, 0.05) is 4.47 Å². The maximum atomic E-state index is 12.7. The molecule has 4 rings (SSSR count). The van der Waals surface area contributed by atoms with Crippen molar-refractivity contribution < 1.29 is 23.8 Å². The van der Waals surface area contributed by atoms with Gasteiger partial charge in [-0.2, -0.15) is 0 Å². The summed E-state index contributed by atoms with van der Waals surface area (Å²) in [6.07, 6.45) is 1.59. The van der Waals surface area contributed by atoms with Gasteiger partial charge in [0.1, 0.15) is 5.70 Å². The van der Waals surface area contributed by atoms with Gasteiger partial charge in [-0.25, -0.2) is 4.79 Å². The number of halogens is 1. The zero-order valence-corrected chi connectivity index (χ0v) is 15.9. The second-order valence-corrected chi connectivity index (χ2v) is 6.88. The minimum Gasteiger partial charge on any atom is -0.493 e. The van der Waals surface area contributed by atoms with Crippen LogP contribution >= 0.6 is 15.9 Å². The molecular weight excluding hydrogens is 416 g/mol. The van der Waals surface area contributed by atoms with Crippen molar-refractivity contribution in [2.24, 2.45) is 0 Å². The molecule has 1 N–H and O–H groups in total. The van der Waals surface area contributed by atoms with Gasteiger partial charge in [0.15, 0.2) is 11.5 Å². The summed E-state index contributed by atoms with van der Waals surface area (Å²) in [5.41, 5.74) is 1.70. The highest BCUT2D eigenvalue weighted by molar-refractivity contribution is 9.10. The van der Waals surface area contributed by atoms with Gasteiger partial charge in [-0.15, -0.1) is 0 Å². The highest BCUT2D eigenvalue weighted by Gasteiger charge is 2.33. The highest BCUT2D eigenvalue weighted by Crippen LogP contribution is 2.42. The molecule has 0 saturated carbocycles. The molecule has 27 heavy (non-hydrogen) atoms. The first-order chi connectivity index (χ1) is 13.0. The van der Waals surface area contributed by atoms with E-state index in [4.69, 9.17) is 14.2 Å². The number of urea groups is 1. The Labute approximate surface area is 163 Å². The monoisotopic (exact) mass is 430 g/mol. The van der Waals surface area contributed by atoms with E-state index < -0.39 is 6.03 Å². The number of carbonyl (C=O) groups excluding carboxylic acids is 2. The van der Waals surface area contributed by atoms with Gasteiger partial charge in [0.25, 0.3) is 5.91 Å². The van der Waals surface area contributed by atoms with Crippen LogP contribution in [0.1, 0.15) is 11.1 Å². The molecule has 0 bridgehead atoms. The molecule has 8 heteroatoms. The molecule has 0 aromatic heterocycles. The number of amides is 3. The number of rotatable bonds is 4. The number of carbonyl (C=O) groups is 2. The van der Waals surface area contributed by atoms with Gasteiger partial charge in [-0.1, -0.05) is 28.1 Å². The van der Waals surface area contributed by atoms with E-state index >= 15 is 0 Å². The fraction of sp³-hybridized carbons (Fsp3) is 0.158. The number of nitrogens with zero attached hydrogens (tertiary/aromatic N) is 1. The van der Waals surface area contributed by atoms with Crippen molar-refractivity contribution in [1.82, 2.24) is 10.2 Å². The maximum absolute atomic E-state index is 12.7. The summed E-state index contributed by atoms with van der Waals surface area (Å²) < 4.78 is 17.0. The summed E-state index contributed by atoms with van der Waals surface area (Å²) in [5, 5.41) is 2.62. The second-order valence-electron chi connectivity index (χ2n) is 5.96. The fourth-order valence-electron chi connectivity index (χ4n) is 2.89. The molecule has 0 radical (unpaired) electrons. The average Bonchev–Trinajstić information content (AvgIpc) is 3.23. The molecule has 2 aliphatic rings. The van der Waals surface area contributed by atoms with Gasteiger partial charge in [-0.3, -0.25) is 9.69 Å². The third-order valence-electron chi connectivity index (χ3n) is 4.21. The summed E-state index contributed by atoms with van der Waals surface area (Å²) in [6, 6.07) is 10.4. The van der Waals surface area contributed by atoms with Crippen molar-refractivity contribution >= 4 is 33.9 Å². The largest absolute Gasteiger partial charge is 0.493 e. The lowest BCUT2D eigenvalue weighted by Gasteiger charge is -2.11. The van der Waals surface area contributed by atoms with Gasteiger partial charge in [0.05, 0.1) is 13.7 Å². The summed E-state index contributed by atoms with van der Waals surface area (Å²) in [5.74, 6) is 1.17. The Hall–Kier alpha value is -3.00. The predicted molar refractivity (Wildman–Crippen MR) is 100 cm³/mol. The lowest BCUT2D eigenvalue weighted by Crippen LogP contribution is -2.30. The Bertz CT molecular complexity index is 955. The van der Waals surface area contributed by atoms with Crippen molar-refractivity contribution in [3.63, 3.8) is 0 Å². The summed E-state index contributed by atoms with van der Waals surface area (Å²) >= 11 is 3.36. The Balaban J connectivity index is 1.59. The molecule has 2 aromatic rings. The van der Waals surface area contributed by atoms with Crippen molar-refractivity contribution in [2.75, 3.05) is 13.9 Å². The molecule has 3 amide bonds. The van der Waals surface area contributed by atoms with E-state index in [1.165, 1.54) is 12.0 Å². The number of benzene rings is 2. The number of ether oxygens (including phenoxy) is 3. The van der Waals surface area contributed by atoms with Crippen LogP contribution in [0.2, 0.25) is 0 Å². The summed E-state index contributed by atoms with van der Waals surface area (Å²) in [6.45, 7) is 0.308. The second kappa shape index (κ2) is 6.96. The van der Waals surface area contributed by atoms with Gasteiger partial charge >= 0.3 is 6.03 Å². The SMILES string of the molecule is COc1cc(C=C2NC(=O)N(Cc3ccc(Br)cc3)C2=O)cc2c1OCO2. The number of hydrogen-bond donors (Lipinski definition) is 1. The number of fused-ring (bicyclic) bond motifs is 1. The molecule has 1 saturated heterocycles. The Kier molecular flexibility index (Phi) is 4.49. The van der Waals surface area contributed by atoms with E-state index in [0.717, 1.165) is 10.0 Å². The van der Waals surface area contributed by atoms with E-state index in [-0.39, 0.29) is 24.9 Å². The van der Waals surface area contributed by atoms with E-state index in [0.29, 0.717) is 22.8 Å². The van der Waals surface area contributed by atoms with Crippen LogP contribution < -0.4 is 19.5 Å². The standard InChI is InChI=1S/C19H15BrN2O5/c1-25-15-7-12(8-16-17(15)27-10-26-16)6-14-18(23)22(19(24)21-14)9-11-2-4-13(20)5-3-11/h2-8H,9-10H2,1H3,(H,21,24). The van der Waals surface area contributed by atoms with Crippen LogP contribution in [0.3, 0.4) is 0 Å². The molecule has 0 spiro atoms. The lowest BCUT2D eigenvalue weighted by atomic mass is 10.1. The van der Waals surface area contributed by atoms with Crippen molar-refractivity contribution in [2.45, 2.75) is 6.54 Å². The average molecular weight is 431 g/mol. The van der Waals surface area contributed by atoms with E-state index in [1.54, 1.807) is 18.2 Å². The van der Waals surface area contributed by atoms with E-state index in [9.17, 15) is 9.59 Å². The topological polar surface area (TPSA) is 77.1 Å². The Morgan fingerprint density at radius 2 is 2.00 bits per heavy atom. The number of imide groups is 1. The molecule has 138 valence electrons. The highest BCUT2D eigenvalue weighted by atomic mass is 79.9. The number of nitrogens with one attached hydrogen (secondary N) is 1. The van der Waals surface area contributed by atoms with Crippen LogP contribution in [0.15, 0.2) is 46.6 Å². The third-order valence-corrected chi connectivity index (χ3v) is 4.74. The van der Waals surface area contributed by atoms with Crippen LogP contribution in [0, 0.1) is 0 Å². The Morgan fingerprint density at radius 1 is 1.22 bits per heavy atom. The predicted octanol–water partition coefficient (Wildman–Crippen LogP) is 3.28. The van der Waals surface area contributed by atoms with Crippen LogP contribution in [-0.4, -0.2) is 30.7 Å². The van der Waals surface area contributed by atoms with Crippen molar-refractivity contribution in [3.8, 4) is 17.2 Å². The minimum atomic E-state index is -0.457. The van der Waals surface area contributed by atoms with Crippen LogP contribution in [0.25, 0.3) is 6.08 Å². The first-order valence-electron chi connectivity index (χ1n) is 8.12. The summed E-state index contributed by atoms with van der Waals surface area (Å²) in [4.78, 5) is 26.1. The van der Waals surface area contributed by atoms with Crippen LogP contribution in [-0.2, 0) is 11.3 Å². The number of methoxy groups -OCH3 is 1. The van der Waals surface area contributed by atoms with E-state index in [1.807, 2.05) is 24.3 Å². The minimum absolute atomic E-state index is 0.113. The molecule has 2 aliphatic heterocycles. The molecule has 0 aliphatic carbocycles. The lowest BCUT2D eigenvalue weighted by molar-refractivity contribution is -0.123.